The van der Waals surface area contributed by atoms with Crippen molar-refractivity contribution >= 4 is 22.5 Å². The highest BCUT2D eigenvalue weighted by molar-refractivity contribution is 6.02. The van der Waals surface area contributed by atoms with Gasteiger partial charge in [0, 0.05) is 17.7 Å². The number of carbonyl (C=O) groups excluding carboxylic acids is 1. The second kappa shape index (κ2) is 4.97. The third-order valence-corrected chi connectivity index (χ3v) is 3.34. The zero-order valence-electron chi connectivity index (χ0n) is 10.8. The summed E-state index contributed by atoms with van der Waals surface area (Å²) in [5, 5.41) is 3.95. The SMILES string of the molecule is Cc1ccc2cccc(NC(=O)C3CCCO3)c2n1. The number of fused-ring (bicyclic) bond motifs is 1. The number of nitrogens with zero attached hydrogens (tertiary/aromatic N) is 1. The van der Waals surface area contributed by atoms with Crippen molar-refractivity contribution in [3.8, 4) is 0 Å². The number of amides is 1. The lowest BCUT2D eigenvalue weighted by atomic mass is 10.1. The van der Waals surface area contributed by atoms with Gasteiger partial charge in [-0.3, -0.25) is 9.78 Å². The van der Waals surface area contributed by atoms with Gasteiger partial charge in [-0.2, -0.15) is 0 Å². The number of rotatable bonds is 2. The summed E-state index contributed by atoms with van der Waals surface area (Å²) in [5.41, 5.74) is 2.52. The fourth-order valence-corrected chi connectivity index (χ4v) is 2.34. The molecule has 1 fully saturated rings. The molecule has 0 spiro atoms. The van der Waals surface area contributed by atoms with Crippen molar-refractivity contribution < 1.29 is 9.53 Å². The van der Waals surface area contributed by atoms with E-state index in [1.54, 1.807) is 0 Å². The predicted molar refractivity (Wildman–Crippen MR) is 74.1 cm³/mol. The van der Waals surface area contributed by atoms with Crippen LogP contribution in [0.5, 0.6) is 0 Å². The van der Waals surface area contributed by atoms with Crippen LogP contribution >= 0.6 is 0 Å². The van der Waals surface area contributed by atoms with Gasteiger partial charge >= 0.3 is 0 Å². The number of pyridine rings is 1. The van der Waals surface area contributed by atoms with Crippen LogP contribution in [0.2, 0.25) is 0 Å². The van der Waals surface area contributed by atoms with Crippen LogP contribution < -0.4 is 5.32 Å². The topological polar surface area (TPSA) is 51.2 Å². The van der Waals surface area contributed by atoms with E-state index < -0.39 is 0 Å². The maximum Gasteiger partial charge on any atom is 0.253 e. The molecule has 0 bridgehead atoms. The fraction of sp³-hybridized carbons (Fsp3) is 0.333. The number of hydrogen-bond acceptors (Lipinski definition) is 3. The molecule has 4 nitrogen and oxygen atoms in total. The van der Waals surface area contributed by atoms with E-state index in [-0.39, 0.29) is 12.0 Å². The van der Waals surface area contributed by atoms with E-state index >= 15 is 0 Å². The van der Waals surface area contributed by atoms with Crippen molar-refractivity contribution in [3.63, 3.8) is 0 Å². The Labute approximate surface area is 111 Å². The minimum atomic E-state index is -0.319. The molecule has 19 heavy (non-hydrogen) atoms. The molecule has 2 heterocycles. The molecule has 1 N–H and O–H groups in total. The number of para-hydroxylation sites is 1. The standard InChI is InChI=1S/C15H16N2O2/c1-10-7-8-11-4-2-5-12(14(11)16-10)17-15(18)13-6-3-9-19-13/h2,4-5,7-8,13H,3,6,9H2,1H3,(H,17,18). The summed E-state index contributed by atoms with van der Waals surface area (Å²) in [6.45, 7) is 2.61. The van der Waals surface area contributed by atoms with Crippen LogP contribution in [-0.2, 0) is 9.53 Å². The summed E-state index contributed by atoms with van der Waals surface area (Å²) in [6.07, 6.45) is 1.42. The van der Waals surface area contributed by atoms with Gasteiger partial charge in [0.25, 0.3) is 5.91 Å². The van der Waals surface area contributed by atoms with Gasteiger partial charge in [-0.05, 0) is 31.9 Å². The average Bonchev–Trinajstić information content (AvgIpc) is 2.93. The molecule has 1 unspecified atom stereocenters. The third-order valence-electron chi connectivity index (χ3n) is 3.34. The highest BCUT2D eigenvalue weighted by Crippen LogP contribution is 2.23. The molecule has 98 valence electrons. The van der Waals surface area contributed by atoms with Crippen LogP contribution in [0.15, 0.2) is 30.3 Å². The first kappa shape index (κ1) is 12.1. The molecule has 1 aliphatic heterocycles. The predicted octanol–water partition coefficient (Wildman–Crippen LogP) is 2.66. The van der Waals surface area contributed by atoms with E-state index in [4.69, 9.17) is 4.74 Å². The molecule has 1 aromatic carbocycles. The Morgan fingerprint density at radius 1 is 1.37 bits per heavy atom. The molecule has 1 saturated heterocycles. The zero-order chi connectivity index (χ0) is 13.2. The van der Waals surface area contributed by atoms with Gasteiger partial charge in [0.1, 0.15) is 6.10 Å². The Morgan fingerprint density at radius 3 is 3.05 bits per heavy atom. The first-order chi connectivity index (χ1) is 9.24. The van der Waals surface area contributed by atoms with Gasteiger partial charge in [-0.25, -0.2) is 0 Å². The molecule has 3 rings (SSSR count). The molecule has 0 aliphatic carbocycles. The number of aryl methyl sites for hydroxylation is 1. The summed E-state index contributed by atoms with van der Waals surface area (Å²) in [6, 6.07) is 9.77. The normalized spacial score (nSPS) is 18.7. The monoisotopic (exact) mass is 256 g/mol. The molecule has 0 saturated carbocycles. The molecule has 0 radical (unpaired) electrons. The minimum Gasteiger partial charge on any atom is -0.368 e. The number of nitrogens with one attached hydrogen (secondary N) is 1. The van der Waals surface area contributed by atoms with Crippen LogP contribution in [-0.4, -0.2) is 23.6 Å². The van der Waals surface area contributed by atoms with Gasteiger partial charge in [0.2, 0.25) is 0 Å². The molecule has 1 amide bonds. The van der Waals surface area contributed by atoms with Crippen molar-refractivity contribution in [1.82, 2.24) is 4.98 Å². The maximum atomic E-state index is 12.1. The highest BCUT2D eigenvalue weighted by atomic mass is 16.5. The molecule has 4 heteroatoms. The molecule has 1 atom stereocenters. The van der Waals surface area contributed by atoms with E-state index in [0.717, 1.165) is 35.1 Å². The summed E-state index contributed by atoms with van der Waals surface area (Å²) in [5.74, 6) is -0.0756. The minimum absolute atomic E-state index is 0.0756. The van der Waals surface area contributed by atoms with Crippen LogP contribution in [0.25, 0.3) is 10.9 Å². The van der Waals surface area contributed by atoms with E-state index in [1.165, 1.54) is 0 Å². The van der Waals surface area contributed by atoms with Crippen molar-refractivity contribution in [2.24, 2.45) is 0 Å². The van der Waals surface area contributed by atoms with Crippen LogP contribution in [0.3, 0.4) is 0 Å². The molecular weight excluding hydrogens is 240 g/mol. The zero-order valence-corrected chi connectivity index (χ0v) is 10.8. The molecule has 2 aromatic rings. The third kappa shape index (κ3) is 2.44. The lowest BCUT2D eigenvalue weighted by molar-refractivity contribution is -0.124. The number of hydrogen-bond donors (Lipinski definition) is 1. The lowest BCUT2D eigenvalue weighted by Gasteiger charge is -2.12. The fourth-order valence-electron chi connectivity index (χ4n) is 2.34. The first-order valence-electron chi connectivity index (χ1n) is 6.53. The van der Waals surface area contributed by atoms with Crippen molar-refractivity contribution in [2.45, 2.75) is 25.9 Å². The van der Waals surface area contributed by atoms with E-state index in [9.17, 15) is 4.79 Å². The number of ether oxygens (including phenoxy) is 1. The number of aromatic nitrogens is 1. The Balaban J connectivity index is 1.91. The molecule has 1 aliphatic rings. The highest BCUT2D eigenvalue weighted by Gasteiger charge is 2.23. The average molecular weight is 256 g/mol. The van der Waals surface area contributed by atoms with Gasteiger partial charge in [-0.15, -0.1) is 0 Å². The van der Waals surface area contributed by atoms with E-state index in [2.05, 4.69) is 10.3 Å². The number of anilines is 1. The Kier molecular flexibility index (Phi) is 3.17. The van der Waals surface area contributed by atoms with Gasteiger partial charge < -0.3 is 10.1 Å². The van der Waals surface area contributed by atoms with E-state index in [0.29, 0.717) is 6.61 Å². The summed E-state index contributed by atoms with van der Waals surface area (Å²) in [7, 11) is 0. The number of benzene rings is 1. The molecular formula is C15H16N2O2. The Hall–Kier alpha value is -1.94. The second-order valence-electron chi connectivity index (χ2n) is 4.82. The quantitative estimate of drug-likeness (QED) is 0.898. The molecule has 1 aromatic heterocycles. The van der Waals surface area contributed by atoms with Crippen LogP contribution in [0, 0.1) is 6.92 Å². The van der Waals surface area contributed by atoms with Gasteiger partial charge in [0.15, 0.2) is 0 Å². The number of carbonyl (C=O) groups is 1. The van der Waals surface area contributed by atoms with Crippen molar-refractivity contribution in [1.29, 1.82) is 0 Å². The van der Waals surface area contributed by atoms with Crippen LogP contribution in [0.1, 0.15) is 18.5 Å². The van der Waals surface area contributed by atoms with Crippen LogP contribution in [0.4, 0.5) is 5.69 Å². The lowest BCUT2D eigenvalue weighted by Crippen LogP contribution is -2.27. The smallest absolute Gasteiger partial charge is 0.253 e. The second-order valence-corrected chi connectivity index (χ2v) is 4.82. The van der Waals surface area contributed by atoms with Gasteiger partial charge in [0.05, 0.1) is 11.2 Å². The van der Waals surface area contributed by atoms with Gasteiger partial charge in [-0.1, -0.05) is 18.2 Å². The Morgan fingerprint density at radius 2 is 2.26 bits per heavy atom. The van der Waals surface area contributed by atoms with Crippen molar-refractivity contribution in [2.75, 3.05) is 11.9 Å². The first-order valence-corrected chi connectivity index (χ1v) is 6.53. The van der Waals surface area contributed by atoms with Crippen molar-refractivity contribution in [3.05, 3.63) is 36.0 Å². The summed E-state index contributed by atoms with van der Waals surface area (Å²) < 4.78 is 5.39. The summed E-state index contributed by atoms with van der Waals surface area (Å²) in [4.78, 5) is 16.6. The Bertz CT molecular complexity index is 619. The maximum absolute atomic E-state index is 12.1. The van der Waals surface area contributed by atoms with E-state index in [1.807, 2.05) is 37.3 Å². The largest absolute Gasteiger partial charge is 0.368 e. The summed E-state index contributed by atoms with van der Waals surface area (Å²) >= 11 is 0.